The molecule has 1 N–H and O–H groups in total. The van der Waals surface area contributed by atoms with Gasteiger partial charge < -0.3 is 5.32 Å². The van der Waals surface area contributed by atoms with Gasteiger partial charge >= 0.3 is 0 Å². The van der Waals surface area contributed by atoms with Crippen molar-refractivity contribution in [1.82, 2.24) is 9.97 Å². The topological polar surface area (TPSA) is 37.8 Å². The number of aromatic nitrogens is 2. The Balaban J connectivity index is 2.44. The first-order valence-electron chi connectivity index (χ1n) is 4.96. The van der Waals surface area contributed by atoms with Crippen molar-refractivity contribution in [2.75, 3.05) is 11.9 Å². The number of allylic oxidation sites excluding steroid dienone is 1. The lowest BCUT2D eigenvalue weighted by atomic mass is 10.3. The number of nitrogens with zero attached hydrogens (tertiary/aromatic N) is 2. The van der Waals surface area contributed by atoms with Crippen LogP contribution in [0.1, 0.15) is 26.0 Å². The SMILES string of the molecule is CC(C)=CCCNc1ncc(Br)c(C)n1. The second-order valence-electron chi connectivity index (χ2n) is 3.62. The third-order valence-electron chi connectivity index (χ3n) is 1.90. The van der Waals surface area contributed by atoms with E-state index >= 15 is 0 Å². The van der Waals surface area contributed by atoms with Crippen molar-refractivity contribution in [2.24, 2.45) is 0 Å². The van der Waals surface area contributed by atoms with Crippen LogP contribution in [0.2, 0.25) is 0 Å². The van der Waals surface area contributed by atoms with E-state index in [2.05, 4.69) is 51.1 Å². The number of anilines is 1. The molecular formula is C11H16BrN3. The van der Waals surface area contributed by atoms with Gasteiger partial charge in [0.05, 0.1) is 10.2 Å². The molecule has 1 aromatic rings. The van der Waals surface area contributed by atoms with Crippen LogP contribution < -0.4 is 5.32 Å². The van der Waals surface area contributed by atoms with Crippen LogP contribution in [0.4, 0.5) is 5.95 Å². The molecular weight excluding hydrogens is 254 g/mol. The van der Waals surface area contributed by atoms with Gasteiger partial charge in [-0.25, -0.2) is 9.97 Å². The Kier molecular flexibility index (Phi) is 4.75. The van der Waals surface area contributed by atoms with Gasteiger partial charge in [-0.15, -0.1) is 0 Å². The highest BCUT2D eigenvalue weighted by atomic mass is 79.9. The van der Waals surface area contributed by atoms with Crippen LogP contribution in [-0.2, 0) is 0 Å². The molecule has 0 bridgehead atoms. The maximum atomic E-state index is 4.30. The largest absolute Gasteiger partial charge is 0.354 e. The zero-order valence-corrected chi connectivity index (χ0v) is 10.9. The highest BCUT2D eigenvalue weighted by Crippen LogP contribution is 2.13. The highest BCUT2D eigenvalue weighted by Gasteiger charge is 1.98. The van der Waals surface area contributed by atoms with Crippen LogP contribution in [0, 0.1) is 6.92 Å². The van der Waals surface area contributed by atoms with E-state index in [4.69, 9.17) is 0 Å². The lowest BCUT2D eigenvalue weighted by Crippen LogP contribution is -2.05. The summed E-state index contributed by atoms with van der Waals surface area (Å²) in [4.78, 5) is 8.47. The molecule has 0 amide bonds. The lowest BCUT2D eigenvalue weighted by Gasteiger charge is -2.04. The molecule has 1 rings (SSSR count). The summed E-state index contributed by atoms with van der Waals surface area (Å²) in [6, 6.07) is 0. The fraction of sp³-hybridized carbons (Fsp3) is 0.455. The van der Waals surface area contributed by atoms with E-state index < -0.39 is 0 Å². The van der Waals surface area contributed by atoms with Gasteiger partial charge in [0.1, 0.15) is 0 Å². The van der Waals surface area contributed by atoms with Crippen molar-refractivity contribution in [3.8, 4) is 0 Å². The number of hydrogen-bond acceptors (Lipinski definition) is 3. The molecule has 0 saturated heterocycles. The Morgan fingerprint density at radius 2 is 2.27 bits per heavy atom. The molecule has 0 saturated carbocycles. The summed E-state index contributed by atoms with van der Waals surface area (Å²) in [5.74, 6) is 0.692. The molecule has 0 radical (unpaired) electrons. The fourth-order valence-electron chi connectivity index (χ4n) is 1.08. The van der Waals surface area contributed by atoms with E-state index in [0.29, 0.717) is 5.95 Å². The van der Waals surface area contributed by atoms with Crippen molar-refractivity contribution in [3.63, 3.8) is 0 Å². The first kappa shape index (κ1) is 12.2. The van der Waals surface area contributed by atoms with Crippen LogP contribution >= 0.6 is 15.9 Å². The Labute approximate surface area is 99.2 Å². The fourth-order valence-corrected chi connectivity index (χ4v) is 1.27. The molecule has 0 unspecified atom stereocenters. The maximum absolute atomic E-state index is 4.30. The molecule has 0 aliphatic heterocycles. The monoisotopic (exact) mass is 269 g/mol. The minimum Gasteiger partial charge on any atom is -0.354 e. The molecule has 0 fully saturated rings. The van der Waals surface area contributed by atoms with Gasteiger partial charge in [0.25, 0.3) is 0 Å². The number of halogens is 1. The summed E-state index contributed by atoms with van der Waals surface area (Å²) in [6.07, 6.45) is 4.96. The second kappa shape index (κ2) is 5.85. The predicted octanol–water partition coefficient (Wildman–Crippen LogP) is 3.32. The van der Waals surface area contributed by atoms with Crippen molar-refractivity contribution < 1.29 is 0 Å². The summed E-state index contributed by atoms with van der Waals surface area (Å²) in [6.45, 7) is 7.01. The Bertz CT molecular complexity index is 357. The van der Waals surface area contributed by atoms with Crippen LogP contribution in [-0.4, -0.2) is 16.5 Å². The third-order valence-corrected chi connectivity index (χ3v) is 2.68. The van der Waals surface area contributed by atoms with Crippen LogP contribution in [0.5, 0.6) is 0 Å². The molecule has 4 heteroatoms. The van der Waals surface area contributed by atoms with E-state index in [9.17, 15) is 0 Å². The van der Waals surface area contributed by atoms with Crippen molar-refractivity contribution in [3.05, 3.63) is 28.0 Å². The summed E-state index contributed by atoms with van der Waals surface area (Å²) in [5, 5.41) is 3.18. The summed E-state index contributed by atoms with van der Waals surface area (Å²) >= 11 is 3.37. The first-order valence-corrected chi connectivity index (χ1v) is 5.75. The van der Waals surface area contributed by atoms with Gasteiger partial charge in [-0.1, -0.05) is 11.6 Å². The average Bonchev–Trinajstić information content (AvgIpc) is 2.18. The van der Waals surface area contributed by atoms with E-state index in [-0.39, 0.29) is 0 Å². The van der Waals surface area contributed by atoms with Crippen LogP contribution in [0.15, 0.2) is 22.3 Å². The van der Waals surface area contributed by atoms with Gasteiger partial charge in [0.2, 0.25) is 5.95 Å². The number of nitrogens with one attached hydrogen (secondary N) is 1. The molecule has 82 valence electrons. The quantitative estimate of drug-likeness (QED) is 0.673. The molecule has 0 aliphatic carbocycles. The normalized spacial score (nSPS) is 9.87. The van der Waals surface area contributed by atoms with Gasteiger partial charge in [-0.05, 0) is 43.1 Å². The van der Waals surface area contributed by atoms with Gasteiger partial charge in [0.15, 0.2) is 0 Å². The molecule has 0 atom stereocenters. The smallest absolute Gasteiger partial charge is 0.222 e. The average molecular weight is 270 g/mol. The molecule has 0 spiro atoms. The van der Waals surface area contributed by atoms with E-state index in [1.807, 2.05) is 6.92 Å². The minimum absolute atomic E-state index is 0.692. The van der Waals surface area contributed by atoms with Crippen molar-refractivity contribution in [2.45, 2.75) is 27.2 Å². The number of rotatable bonds is 4. The Morgan fingerprint density at radius 3 is 2.87 bits per heavy atom. The molecule has 3 nitrogen and oxygen atoms in total. The highest BCUT2D eigenvalue weighted by molar-refractivity contribution is 9.10. The van der Waals surface area contributed by atoms with Crippen LogP contribution in [0.3, 0.4) is 0 Å². The molecule has 0 aliphatic rings. The molecule has 1 aromatic heterocycles. The minimum atomic E-state index is 0.692. The van der Waals surface area contributed by atoms with E-state index in [1.54, 1.807) is 6.20 Å². The number of hydrogen-bond donors (Lipinski definition) is 1. The molecule has 0 aromatic carbocycles. The summed E-state index contributed by atoms with van der Waals surface area (Å²) in [7, 11) is 0. The Morgan fingerprint density at radius 1 is 1.53 bits per heavy atom. The third kappa shape index (κ3) is 4.42. The van der Waals surface area contributed by atoms with E-state index in [0.717, 1.165) is 23.1 Å². The zero-order valence-electron chi connectivity index (χ0n) is 9.34. The number of aryl methyl sites for hydroxylation is 1. The van der Waals surface area contributed by atoms with Crippen LogP contribution in [0.25, 0.3) is 0 Å². The lowest BCUT2D eigenvalue weighted by molar-refractivity contribution is 0.988. The van der Waals surface area contributed by atoms with E-state index in [1.165, 1.54) is 5.57 Å². The molecule has 1 heterocycles. The zero-order chi connectivity index (χ0) is 11.3. The predicted molar refractivity (Wildman–Crippen MR) is 67.0 cm³/mol. The van der Waals surface area contributed by atoms with Crippen molar-refractivity contribution >= 4 is 21.9 Å². The first-order chi connectivity index (χ1) is 7.09. The summed E-state index contributed by atoms with van der Waals surface area (Å²) < 4.78 is 0.942. The standard InChI is InChI=1S/C11H16BrN3/c1-8(2)5-4-6-13-11-14-7-10(12)9(3)15-11/h5,7H,4,6H2,1-3H3,(H,13,14,15). The van der Waals surface area contributed by atoms with Gasteiger partial charge in [-0.2, -0.15) is 0 Å². The maximum Gasteiger partial charge on any atom is 0.222 e. The second-order valence-corrected chi connectivity index (χ2v) is 4.48. The molecule has 15 heavy (non-hydrogen) atoms. The summed E-state index contributed by atoms with van der Waals surface area (Å²) in [5.41, 5.74) is 2.29. The van der Waals surface area contributed by atoms with Crippen molar-refractivity contribution in [1.29, 1.82) is 0 Å². The van der Waals surface area contributed by atoms with Gasteiger partial charge in [0, 0.05) is 12.7 Å². The van der Waals surface area contributed by atoms with Gasteiger partial charge in [-0.3, -0.25) is 0 Å². The Hall–Kier alpha value is -0.900.